The van der Waals surface area contributed by atoms with E-state index in [9.17, 15) is 22.4 Å². The Kier molecular flexibility index (Phi) is 4.21. The van der Waals surface area contributed by atoms with Gasteiger partial charge in [-0.15, -0.1) is 0 Å². The molecule has 0 heterocycles. The molecule has 0 aliphatic heterocycles. The molecule has 2 aromatic rings. The van der Waals surface area contributed by atoms with Crippen LogP contribution in [0.4, 0.5) is 23.2 Å². The SMILES string of the molecule is Cc1ccc(C(=O)Cc2cc(C(F)(F)F)ccc2F)cc1N. The van der Waals surface area contributed by atoms with Gasteiger partial charge in [0.25, 0.3) is 0 Å². The largest absolute Gasteiger partial charge is 0.416 e. The Morgan fingerprint density at radius 1 is 1.14 bits per heavy atom. The van der Waals surface area contributed by atoms with Crippen LogP contribution in [0.1, 0.15) is 27.0 Å². The third-order valence-corrected chi connectivity index (χ3v) is 3.33. The molecule has 116 valence electrons. The van der Waals surface area contributed by atoms with E-state index < -0.39 is 29.8 Å². The summed E-state index contributed by atoms with van der Waals surface area (Å²) >= 11 is 0. The number of rotatable bonds is 3. The van der Waals surface area contributed by atoms with Gasteiger partial charge in [-0.1, -0.05) is 12.1 Å². The molecule has 0 saturated carbocycles. The van der Waals surface area contributed by atoms with Crippen LogP contribution in [0.15, 0.2) is 36.4 Å². The Balaban J connectivity index is 2.29. The van der Waals surface area contributed by atoms with Crippen LogP contribution in [0.3, 0.4) is 0 Å². The Morgan fingerprint density at radius 3 is 2.41 bits per heavy atom. The van der Waals surface area contributed by atoms with Crippen molar-refractivity contribution in [3.63, 3.8) is 0 Å². The minimum atomic E-state index is -4.58. The zero-order chi connectivity index (χ0) is 16.5. The topological polar surface area (TPSA) is 43.1 Å². The summed E-state index contributed by atoms with van der Waals surface area (Å²) < 4.78 is 51.5. The Hall–Kier alpha value is -2.37. The fraction of sp³-hybridized carbons (Fsp3) is 0.188. The van der Waals surface area contributed by atoms with Gasteiger partial charge in [0.2, 0.25) is 0 Å². The number of halogens is 4. The third kappa shape index (κ3) is 3.44. The fourth-order valence-electron chi connectivity index (χ4n) is 1.98. The molecule has 2 rings (SSSR count). The maximum atomic E-state index is 13.6. The summed E-state index contributed by atoms with van der Waals surface area (Å²) in [5.41, 5.74) is 5.82. The summed E-state index contributed by atoms with van der Waals surface area (Å²) in [6.45, 7) is 1.76. The van der Waals surface area contributed by atoms with Crippen LogP contribution in [0.2, 0.25) is 0 Å². The van der Waals surface area contributed by atoms with Gasteiger partial charge >= 0.3 is 6.18 Å². The van der Waals surface area contributed by atoms with Crippen molar-refractivity contribution in [1.82, 2.24) is 0 Å². The van der Waals surface area contributed by atoms with Gasteiger partial charge in [0.1, 0.15) is 5.82 Å². The number of nitrogen functional groups attached to an aromatic ring is 1. The van der Waals surface area contributed by atoms with Crippen LogP contribution in [0, 0.1) is 12.7 Å². The van der Waals surface area contributed by atoms with Crippen LogP contribution < -0.4 is 5.73 Å². The molecule has 0 amide bonds. The number of Topliss-reactive ketones (excluding diaryl/α,β-unsaturated/α-hetero) is 1. The third-order valence-electron chi connectivity index (χ3n) is 3.33. The molecule has 0 radical (unpaired) electrons. The highest BCUT2D eigenvalue weighted by Gasteiger charge is 2.31. The molecule has 0 unspecified atom stereocenters. The summed E-state index contributed by atoms with van der Waals surface area (Å²) in [5.74, 6) is -1.34. The van der Waals surface area contributed by atoms with Crippen LogP contribution in [-0.2, 0) is 12.6 Å². The molecule has 2 nitrogen and oxygen atoms in total. The van der Waals surface area contributed by atoms with Gasteiger partial charge in [0, 0.05) is 17.7 Å². The molecule has 2 N–H and O–H groups in total. The molecule has 2 aromatic carbocycles. The number of hydrogen-bond donors (Lipinski definition) is 1. The van der Waals surface area contributed by atoms with E-state index >= 15 is 0 Å². The molecule has 0 atom stereocenters. The fourth-order valence-corrected chi connectivity index (χ4v) is 1.98. The molecule has 0 saturated heterocycles. The van der Waals surface area contributed by atoms with Gasteiger partial charge < -0.3 is 5.73 Å². The zero-order valence-corrected chi connectivity index (χ0v) is 11.7. The molecule has 0 aliphatic rings. The number of aryl methyl sites for hydroxylation is 1. The first-order valence-corrected chi connectivity index (χ1v) is 6.43. The number of carbonyl (C=O) groups excluding carboxylic acids is 1. The Morgan fingerprint density at radius 2 is 1.82 bits per heavy atom. The standard InChI is InChI=1S/C16H13F4NO/c1-9-2-3-10(7-14(9)21)15(22)8-11-6-12(16(18,19)20)4-5-13(11)17/h2-7H,8,21H2,1H3. The highest BCUT2D eigenvalue weighted by atomic mass is 19.4. The average Bonchev–Trinajstić information content (AvgIpc) is 2.43. The van der Waals surface area contributed by atoms with Gasteiger partial charge in [-0.05, 0) is 42.3 Å². The lowest BCUT2D eigenvalue weighted by atomic mass is 9.99. The minimum absolute atomic E-state index is 0.236. The first-order valence-electron chi connectivity index (χ1n) is 6.43. The Labute approximate surface area is 124 Å². The molecule has 0 aromatic heterocycles. The second kappa shape index (κ2) is 5.79. The lowest BCUT2D eigenvalue weighted by Crippen LogP contribution is -2.10. The van der Waals surface area contributed by atoms with Gasteiger partial charge in [-0.3, -0.25) is 4.79 Å². The van der Waals surface area contributed by atoms with Crippen molar-refractivity contribution in [3.05, 3.63) is 64.5 Å². The van der Waals surface area contributed by atoms with Crippen LogP contribution in [0.5, 0.6) is 0 Å². The summed E-state index contributed by atoms with van der Waals surface area (Å²) in [7, 11) is 0. The van der Waals surface area contributed by atoms with Crippen molar-refractivity contribution >= 4 is 11.5 Å². The van der Waals surface area contributed by atoms with E-state index in [1.807, 2.05) is 0 Å². The molecular weight excluding hydrogens is 298 g/mol. The van der Waals surface area contributed by atoms with Gasteiger partial charge in [-0.2, -0.15) is 13.2 Å². The van der Waals surface area contributed by atoms with Gasteiger partial charge in [0.15, 0.2) is 5.78 Å². The van der Waals surface area contributed by atoms with Crippen LogP contribution >= 0.6 is 0 Å². The van der Waals surface area contributed by atoms with E-state index in [0.29, 0.717) is 17.8 Å². The monoisotopic (exact) mass is 311 g/mol. The highest BCUT2D eigenvalue weighted by Crippen LogP contribution is 2.30. The predicted molar refractivity (Wildman–Crippen MR) is 75.0 cm³/mol. The van der Waals surface area contributed by atoms with Crippen molar-refractivity contribution in [1.29, 1.82) is 0 Å². The molecule has 0 spiro atoms. The van der Waals surface area contributed by atoms with E-state index in [1.54, 1.807) is 13.0 Å². The number of hydrogen-bond acceptors (Lipinski definition) is 2. The quantitative estimate of drug-likeness (QED) is 0.525. The molecule has 0 bridgehead atoms. The molecular formula is C16H13F4NO. The number of ketones is 1. The number of nitrogens with two attached hydrogens (primary N) is 1. The van der Waals surface area contributed by atoms with Crippen molar-refractivity contribution in [2.45, 2.75) is 19.5 Å². The predicted octanol–water partition coefficient (Wildman–Crippen LogP) is 4.16. The van der Waals surface area contributed by atoms with Crippen molar-refractivity contribution in [2.75, 3.05) is 5.73 Å². The summed E-state index contributed by atoms with van der Waals surface area (Å²) in [6, 6.07) is 6.60. The molecule has 6 heteroatoms. The number of anilines is 1. The van der Waals surface area contributed by atoms with Crippen molar-refractivity contribution in [3.8, 4) is 0 Å². The van der Waals surface area contributed by atoms with Crippen molar-refractivity contribution < 1.29 is 22.4 Å². The maximum absolute atomic E-state index is 13.6. The second-order valence-corrected chi connectivity index (χ2v) is 4.98. The molecule has 0 aliphatic carbocycles. The van der Waals surface area contributed by atoms with Gasteiger partial charge in [0.05, 0.1) is 5.56 Å². The van der Waals surface area contributed by atoms with Gasteiger partial charge in [-0.25, -0.2) is 4.39 Å². The maximum Gasteiger partial charge on any atom is 0.416 e. The average molecular weight is 311 g/mol. The van der Waals surface area contributed by atoms with E-state index in [4.69, 9.17) is 5.73 Å². The molecule has 22 heavy (non-hydrogen) atoms. The van der Waals surface area contributed by atoms with E-state index in [-0.39, 0.29) is 11.1 Å². The molecule has 0 fully saturated rings. The van der Waals surface area contributed by atoms with Crippen molar-refractivity contribution in [2.24, 2.45) is 0 Å². The zero-order valence-electron chi connectivity index (χ0n) is 11.7. The second-order valence-electron chi connectivity index (χ2n) is 4.98. The lowest BCUT2D eigenvalue weighted by molar-refractivity contribution is -0.137. The summed E-state index contributed by atoms with van der Waals surface area (Å²) in [6.07, 6.45) is -5.04. The van der Waals surface area contributed by atoms with E-state index in [1.165, 1.54) is 12.1 Å². The first kappa shape index (κ1) is 16.0. The lowest BCUT2D eigenvalue weighted by Gasteiger charge is -2.10. The van der Waals surface area contributed by atoms with Crippen LogP contribution in [-0.4, -0.2) is 5.78 Å². The summed E-state index contributed by atoms with van der Waals surface area (Å²) in [4.78, 5) is 12.1. The minimum Gasteiger partial charge on any atom is -0.398 e. The normalized spacial score (nSPS) is 11.5. The number of carbonyl (C=O) groups is 1. The smallest absolute Gasteiger partial charge is 0.398 e. The number of benzene rings is 2. The first-order chi connectivity index (χ1) is 10.2. The Bertz CT molecular complexity index is 723. The van der Waals surface area contributed by atoms with Crippen LogP contribution in [0.25, 0.3) is 0 Å². The van der Waals surface area contributed by atoms with E-state index in [2.05, 4.69) is 0 Å². The number of alkyl halides is 3. The summed E-state index contributed by atoms with van der Waals surface area (Å²) in [5, 5.41) is 0. The highest BCUT2D eigenvalue weighted by molar-refractivity contribution is 5.98. The van der Waals surface area contributed by atoms with E-state index in [0.717, 1.165) is 11.6 Å².